The lowest BCUT2D eigenvalue weighted by Gasteiger charge is -2.06. The van der Waals surface area contributed by atoms with E-state index in [0.29, 0.717) is 11.7 Å². The fourth-order valence-electron chi connectivity index (χ4n) is 1.76. The summed E-state index contributed by atoms with van der Waals surface area (Å²) in [6.45, 7) is 4.75. The molecule has 2 N–H and O–H groups in total. The Kier molecular flexibility index (Phi) is 4.97. The predicted molar refractivity (Wildman–Crippen MR) is 86.2 cm³/mol. The van der Waals surface area contributed by atoms with E-state index in [0.717, 1.165) is 11.3 Å². The van der Waals surface area contributed by atoms with Crippen molar-refractivity contribution in [2.24, 2.45) is 0 Å². The first kappa shape index (κ1) is 15.9. The van der Waals surface area contributed by atoms with Crippen molar-refractivity contribution in [3.8, 4) is 0 Å². The fraction of sp³-hybridized carbons (Fsp3) is 0.357. The van der Waals surface area contributed by atoms with Crippen LogP contribution in [0.1, 0.15) is 31.0 Å². The van der Waals surface area contributed by atoms with E-state index in [1.54, 1.807) is 24.3 Å². The van der Waals surface area contributed by atoms with Gasteiger partial charge in [-0.3, -0.25) is 4.72 Å². The number of sulfonamides is 1. The van der Waals surface area contributed by atoms with Gasteiger partial charge in [-0.05, 0) is 30.7 Å². The number of benzene rings is 1. The summed E-state index contributed by atoms with van der Waals surface area (Å²) in [5.74, 6) is 0.278. The van der Waals surface area contributed by atoms with Crippen LogP contribution in [0.2, 0.25) is 0 Å². The van der Waals surface area contributed by atoms with Crippen LogP contribution >= 0.6 is 11.3 Å². The van der Waals surface area contributed by atoms with Gasteiger partial charge in [-0.15, -0.1) is 11.3 Å². The maximum atomic E-state index is 12.3. The quantitative estimate of drug-likeness (QED) is 0.857. The van der Waals surface area contributed by atoms with Gasteiger partial charge in [0, 0.05) is 11.9 Å². The third kappa shape index (κ3) is 4.03. The lowest BCUT2D eigenvalue weighted by molar-refractivity contribution is 0.601. The minimum absolute atomic E-state index is 0.239. The summed E-state index contributed by atoms with van der Waals surface area (Å²) in [6.07, 6.45) is 0. The maximum Gasteiger partial charge on any atom is 0.263 e. The number of rotatable bonds is 6. The Hall–Kier alpha value is -1.44. The first-order valence-corrected chi connectivity index (χ1v) is 9.00. The minimum atomic E-state index is -3.58. The number of nitrogens with one attached hydrogen (secondary N) is 2. The smallest absolute Gasteiger partial charge is 0.263 e. The molecule has 0 radical (unpaired) electrons. The van der Waals surface area contributed by atoms with E-state index in [-0.39, 0.29) is 10.8 Å². The second kappa shape index (κ2) is 6.55. The van der Waals surface area contributed by atoms with Crippen molar-refractivity contribution in [2.45, 2.75) is 31.2 Å². The molecule has 0 aliphatic heterocycles. The van der Waals surface area contributed by atoms with Crippen LogP contribution < -0.4 is 10.0 Å². The first-order valence-electron chi connectivity index (χ1n) is 6.64. The molecule has 0 unspecified atom stereocenters. The Bertz CT molecular complexity index is 691. The molecule has 5 nitrogen and oxygen atoms in total. The van der Waals surface area contributed by atoms with Crippen LogP contribution in [0, 0.1) is 0 Å². The van der Waals surface area contributed by atoms with Gasteiger partial charge in [-0.25, -0.2) is 13.4 Å². The zero-order chi connectivity index (χ0) is 15.5. The van der Waals surface area contributed by atoms with E-state index >= 15 is 0 Å². The molecule has 1 heterocycles. The zero-order valence-corrected chi connectivity index (χ0v) is 13.9. The summed E-state index contributed by atoms with van der Waals surface area (Å²) >= 11 is 1.30. The summed E-state index contributed by atoms with van der Waals surface area (Å²) < 4.78 is 27.1. The third-order valence-electron chi connectivity index (χ3n) is 2.95. The van der Waals surface area contributed by atoms with E-state index in [2.05, 4.69) is 15.0 Å². The van der Waals surface area contributed by atoms with E-state index in [1.807, 2.05) is 26.3 Å². The summed E-state index contributed by atoms with van der Waals surface area (Å²) in [7, 11) is -1.73. The van der Waals surface area contributed by atoms with Gasteiger partial charge in [-0.2, -0.15) is 0 Å². The lowest BCUT2D eigenvalue weighted by Crippen LogP contribution is -2.13. The monoisotopic (exact) mass is 325 g/mol. The van der Waals surface area contributed by atoms with Gasteiger partial charge in [0.15, 0.2) is 5.13 Å². The Morgan fingerprint density at radius 1 is 1.24 bits per heavy atom. The number of thiazole rings is 1. The molecule has 0 spiro atoms. The van der Waals surface area contributed by atoms with Crippen LogP contribution in [0.25, 0.3) is 0 Å². The molecule has 2 aromatic rings. The molecule has 0 saturated heterocycles. The Morgan fingerprint density at radius 3 is 2.43 bits per heavy atom. The highest BCUT2D eigenvalue weighted by Gasteiger charge is 2.16. The second-order valence-electron chi connectivity index (χ2n) is 5.01. The van der Waals surface area contributed by atoms with Gasteiger partial charge in [-0.1, -0.05) is 26.0 Å². The topological polar surface area (TPSA) is 71.1 Å². The number of hydrogen-bond donors (Lipinski definition) is 2. The number of hydrogen-bond acceptors (Lipinski definition) is 5. The molecule has 0 fully saturated rings. The highest BCUT2D eigenvalue weighted by molar-refractivity contribution is 7.93. The molecule has 0 amide bonds. The van der Waals surface area contributed by atoms with Crippen molar-refractivity contribution in [3.63, 3.8) is 0 Å². The van der Waals surface area contributed by atoms with Gasteiger partial charge in [0.05, 0.1) is 10.6 Å². The largest absolute Gasteiger partial charge is 0.316 e. The van der Waals surface area contributed by atoms with E-state index in [4.69, 9.17) is 0 Å². The van der Waals surface area contributed by atoms with Crippen molar-refractivity contribution >= 4 is 26.5 Å². The van der Waals surface area contributed by atoms with E-state index in [9.17, 15) is 8.42 Å². The van der Waals surface area contributed by atoms with Crippen molar-refractivity contribution < 1.29 is 8.42 Å². The molecular weight excluding hydrogens is 306 g/mol. The summed E-state index contributed by atoms with van der Waals surface area (Å²) in [6, 6.07) is 6.80. The molecule has 7 heteroatoms. The molecule has 2 rings (SSSR count). The molecule has 0 bridgehead atoms. The molecule has 1 aromatic carbocycles. The van der Waals surface area contributed by atoms with Crippen molar-refractivity contribution in [1.29, 1.82) is 0 Å². The molecule has 0 saturated carbocycles. The second-order valence-corrected chi connectivity index (χ2v) is 7.55. The predicted octanol–water partition coefficient (Wildman–Crippen LogP) is 2.79. The summed E-state index contributed by atoms with van der Waals surface area (Å²) in [4.78, 5) is 4.53. The highest BCUT2D eigenvalue weighted by atomic mass is 32.2. The standard InChI is InChI=1S/C14H19N3O2S2/c1-10(2)13-9-20-14(16-13)17-21(18,19)12-6-4-11(5-7-12)8-15-3/h4-7,9-10,15H,8H2,1-3H3,(H,16,17). The van der Waals surface area contributed by atoms with Gasteiger partial charge < -0.3 is 5.32 Å². The van der Waals surface area contributed by atoms with Crippen molar-refractivity contribution in [1.82, 2.24) is 10.3 Å². The van der Waals surface area contributed by atoms with Gasteiger partial charge in [0.2, 0.25) is 0 Å². The Labute approximate surface area is 129 Å². The average molecular weight is 325 g/mol. The van der Waals surface area contributed by atoms with Crippen LogP contribution in [0.4, 0.5) is 5.13 Å². The van der Waals surface area contributed by atoms with Crippen LogP contribution in [0.5, 0.6) is 0 Å². The Balaban J connectivity index is 2.17. The summed E-state index contributed by atoms with van der Waals surface area (Å²) in [5, 5.41) is 5.30. The average Bonchev–Trinajstić information content (AvgIpc) is 2.88. The number of aromatic nitrogens is 1. The molecule has 0 atom stereocenters. The number of nitrogens with zero attached hydrogens (tertiary/aromatic N) is 1. The molecule has 0 aliphatic carbocycles. The normalized spacial score (nSPS) is 11.8. The van der Waals surface area contributed by atoms with Crippen LogP contribution in [-0.2, 0) is 16.6 Å². The summed E-state index contributed by atoms with van der Waals surface area (Å²) in [5.41, 5.74) is 1.93. The van der Waals surface area contributed by atoms with Gasteiger partial charge in [0.25, 0.3) is 10.0 Å². The lowest BCUT2D eigenvalue weighted by atomic mass is 10.2. The minimum Gasteiger partial charge on any atom is -0.316 e. The molecule has 0 aliphatic rings. The van der Waals surface area contributed by atoms with Crippen LogP contribution in [0.15, 0.2) is 34.5 Å². The third-order valence-corrected chi connectivity index (χ3v) is 5.21. The van der Waals surface area contributed by atoms with Gasteiger partial charge >= 0.3 is 0 Å². The Morgan fingerprint density at radius 2 is 1.90 bits per heavy atom. The van der Waals surface area contributed by atoms with Gasteiger partial charge in [0.1, 0.15) is 0 Å². The van der Waals surface area contributed by atoms with Crippen LogP contribution in [0.3, 0.4) is 0 Å². The fourth-order valence-corrected chi connectivity index (χ4v) is 3.89. The molecule has 1 aromatic heterocycles. The number of anilines is 1. The molecular formula is C14H19N3O2S2. The maximum absolute atomic E-state index is 12.3. The molecule has 21 heavy (non-hydrogen) atoms. The zero-order valence-electron chi connectivity index (χ0n) is 12.3. The van der Waals surface area contributed by atoms with E-state index in [1.165, 1.54) is 11.3 Å². The molecule has 114 valence electrons. The first-order chi connectivity index (χ1) is 9.92. The SMILES string of the molecule is CNCc1ccc(S(=O)(=O)Nc2nc(C(C)C)cs2)cc1. The van der Waals surface area contributed by atoms with Crippen molar-refractivity contribution in [2.75, 3.05) is 11.8 Å². The highest BCUT2D eigenvalue weighted by Crippen LogP contribution is 2.24. The van der Waals surface area contributed by atoms with Crippen molar-refractivity contribution in [3.05, 3.63) is 40.9 Å². The van der Waals surface area contributed by atoms with E-state index < -0.39 is 10.0 Å². The van der Waals surface area contributed by atoms with Crippen LogP contribution in [-0.4, -0.2) is 20.4 Å².